The number of carbonyl (C=O) groups is 2. The van der Waals surface area contributed by atoms with Gasteiger partial charge in [0.15, 0.2) is 0 Å². The van der Waals surface area contributed by atoms with Crippen molar-refractivity contribution in [3.05, 3.63) is 70.7 Å². The Morgan fingerprint density at radius 1 is 0.935 bits per heavy atom. The number of hydrazine groups is 1. The molecular weight excluding hydrogens is 455 g/mol. The van der Waals surface area contributed by atoms with Gasteiger partial charge in [-0.2, -0.15) is 13.2 Å². The van der Waals surface area contributed by atoms with Crippen LogP contribution in [-0.2, 0) is 9.84 Å². The van der Waals surface area contributed by atoms with Crippen LogP contribution in [0.2, 0.25) is 0 Å². The monoisotopic (exact) mass is 469 g/mol. The van der Waals surface area contributed by atoms with E-state index in [0.29, 0.717) is 22.8 Å². The molecule has 0 aliphatic rings. The van der Waals surface area contributed by atoms with E-state index in [0.717, 1.165) is 29.0 Å². The highest BCUT2D eigenvalue weighted by atomic mass is 32.2. The van der Waals surface area contributed by atoms with Gasteiger partial charge in [-0.25, -0.2) is 13.4 Å². The summed E-state index contributed by atoms with van der Waals surface area (Å²) in [5, 5.41) is 0.621. The molecule has 1 aromatic heterocycles. The molecule has 12 heteroatoms. The summed E-state index contributed by atoms with van der Waals surface area (Å²) >= 11 is 1.13. The van der Waals surface area contributed by atoms with E-state index in [4.69, 9.17) is 0 Å². The number of benzene rings is 2. The van der Waals surface area contributed by atoms with Crippen LogP contribution < -0.4 is 10.9 Å². The minimum Gasteiger partial charge on any atom is -0.267 e. The standard InChI is InChI=1S/C19H14F3N3O4S2/c1-11-15(30-18(23-11)13-5-3-2-4-6-13)17(27)25-24-16(26)12-7-9-14(10-8-12)31(28,29)19(20,21)22/h2-10H,1H3,(H,24,26)(H,25,27). The third kappa shape index (κ3) is 4.75. The maximum Gasteiger partial charge on any atom is 0.501 e. The zero-order valence-electron chi connectivity index (χ0n) is 15.7. The molecule has 2 amide bonds. The summed E-state index contributed by atoms with van der Waals surface area (Å²) < 4.78 is 60.4. The first-order chi connectivity index (χ1) is 14.5. The molecule has 2 aromatic carbocycles. The fourth-order valence-corrected chi connectivity index (χ4v) is 4.20. The Bertz CT molecular complexity index is 1220. The summed E-state index contributed by atoms with van der Waals surface area (Å²) in [6.45, 7) is 1.64. The number of sulfone groups is 1. The number of hydrogen-bond acceptors (Lipinski definition) is 6. The van der Waals surface area contributed by atoms with Crippen LogP contribution in [-0.4, -0.2) is 30.7 Å². The van der Waals surface area contributed by atoms with Gasteiger partial charge in [0.25, 0.3) is 21.7 Å². The van der Waals surface area contributed by atoms with Crippen LogP contribution in [0.4, 0.5) is 13.2 Å². The van der Waals surface area contributed by atoms with Crippen molar-refractivity contribution >= 4 is 33.0 Å². The smallest absolute Gasteiger partial charge is 0.267 e. The number of halogens is 3. The zero-order chi connectivity index (χ0) is 22.8. The molecule has 0 aliphatic carbocycles. The topological polar surface area (TPSA) is 105 Å². The van der Waals surface area contributed by atoms with E-state index in [9.17, 15) is 31.2 Å². The summed E-state index contributed by atoms with van der Waals surface area (Å²) in [7, 11) is -5.51. The maximum absolute atomic E-state index is 12.6. The summed E-state index contributed by atoms with van der Waals surface area (Å²) in [6.07, 6.45) is 0. The second-order valence-corrected chi connectivity index (χ2v) is 9.12. The summed E-state index contributed by atoms with van der Waals surface area (Å²) in [4.78, 5) is 28.1. The van der Waals surface area contributed by atoms with Crippen molar-refractivity contribution in [1.82, 2.24) is 15.8 Å². The molecule has 0 radical (unpaired) electrons. The van der Waals surface area contributed by atoms with E-state index >= 15 is 0 Å². The number of carbonyl (C=O) groups excluding carboxylic acids is 2. The van der Waals surface area contributed by atoms with Crippen molar-refractivity contribution in [2.75, 3.05) is 0 Å². The highest BCUT2D eigenvalue weighted by Crippen LogP contribution is 2.30. The Morgan fingerprint density at radius 2 is 1.52 bits per heavy atom. The fourth-order valence-electron chi connectivity index (χ4n) is 2.47. The second-order valence-electron chi connectivity index (χ2n) is 6.18. The molecule has 0 atom stereocenters. The van der Waals surface area contributed by atoms with E-state index in [-0.39, 0.29) is 10.4 Å². The largest absolute Gasteiger partial charge is 0.501 e. The third-order valence-electron chi connectivity index (χ3n) is 4.04. The Balaban J connectivity index is 1.67. The molecule has 31 heavy (non-hydrogen) atoms. The van der Waals surface area contributed by atoms with Gasteiger partial charge >= 0.3 is 5.51 Å². The van der Waals surface area contributed by atoms with Crippen molar-refractivity contribution in [3.63, 3.8) is 0 Å². The van der Waals surface area contributed by atoms with Crippen LogP contribution in [0.1, 0.15) is 25.7 Å². The molecule has 0 spiro atoms. The molecule has 0 saturated carbocycles. The van der Waals surface area contributed by atoms with E-state index < -0.39 is 32.1 Å². The molecule has 0 unspecified atom stereocenters. The molecule has 162 valence electrons. The van der Waals surface area contributed by atoms with Crippen LogP contribution in [0.3, 0.4) is 0 Å². The molecule has 1 heterocycles. The minimum atomic E-state index is -5.51. The Morgan fingerprint density at radius 3 is 2.10 bits per heavy atom. The Hall–Kier alpha value is -3.25. The maximum atomic E-state index is 12.6. The molecule has 0 aliphatic heterocycles. The van der Waals surface area contributed by atoms with Crippen LogP contribution in [0.5, 0.6) is 0 Å². The Kier molecular flexibility index (Phi) is 6.13. The molecule has 0 bridgehead atoms. The van der Waals surface area contributed by atoms with Crippen molar-refractivity contribution < 1.29 is 31.2 Å². The normalized spacial score (nSPS) is 11.7. The van der Waals surface area contributed by atoms with E-state index in [1.165, 1.54) is 0 Å². The minimum absolute atomic E-state index is 0.146. The second kappa shape index (κ2) is 8.47. The number of alkyl halides is 3. The molecule has 0 fully saturated rings. The molecule has 0 saturated heterocycles. The fraction of sp³-hybridized carbons (Fsp3) is 0.105. The number of aromatic nitrogens is 1. The lowest BCUT2D eigenvalue weighted by molar-refractivity contribution is -0.0436. The van der Waals surface area contributed by atoms with Gasteiger partial charge in [0.1, 0.15) is 9.88 Å². The quantitative estimate of drug-likeness (QED) is 0.569. The highest BCUT2D eigenvalue weighted by molar-refractivity contribution is 7.92. The van der Waals surface area contributed by atoms with Gasteiger partial charge in [0.2, 0.25) is 0 Å². The van der Waals surface area contributed by atoms with Crippen LogP contribution in [0.15, 0.2) is 59.5 Å². The molecule has 7 nitrogen and oxygen atoms in total. The summed E-state index contributed by atoms with van der Waals surface area (Å²) in [5.74, 6) is -1.46. The Labute approximate surface area is 178 Å². The predicted molar refractivity (Wildman–Crippen MR) is 107 cm³/mol. The number of nitrogens with one attached hydrogen (secondary N) is 2. The molecular formula is C19H14F3N3O4S2. The SMILES string of the molecule is Cc1nc(-c2ccccc2)sc1C(=O)NNC(=O)c1ccc(S(=O)(=O)C(F)(F)F)cc1. The van der Waals surface area contributed by atoms with E-state index in [1.54, 1.807) is 6.92 Å². The molecule has 3 aromatic rings. The molecule has 3 rings (SSSR count). The highest BCUT2D eigenvalue weighted by Gasteiger charge is 2.46. The first kappa shape index (κ1) is 22.4. The van der Waals surface area contributed by atoms with Gasteiger partial charge in [-0.1, -0.05) is 30.3 Å². The lowest BCUT2D eigenvalue weighted by atomic mass is 10.2. The molecule has 2 N–H and O–H groups in total. The number of thiazole rings is 1. The number of amides is 2. The van der Waals surface area contributed by atoms with Crippen LogP contribution in [0.25, 0.3) is 10.6 Å². The van der Waals surface area contributed by atoms with Gasteiger partial charge in [-0.15, -0.1) is 11.3 Å². The summed E-state index contributed by atoms with van der Waals surface area (Å²) in [5.41, 5.74) is 0.0242. The van der Waals surface area contributed by atoms with Gasteiger partial charge < -0.3 is 0 Å². The number of rotatable bonds is 4. The van der Waals surface area contributed by atoms with Crippen molar-refractivity contribution in [3.8, 4) is 10.6 Å². The zero-order valence-corrected chi connectivity index (χ0v) is 17.4. The lowest BCUT2D eigenvalue weighted by Crippen LogP contribution is -2.41. The number of aryl methyl sites for hydroxylation is 1. The number of nitrogens with zero attached hydrogens (tertiary/aromatic N) is 1. The number of hydrogen-bond donors (Lipinski definition) is 2. The van der Waals surface area contributed by atoms with Crippen molar-refractivity contribution in [2.24, 2.45) is 0 Å². The van der Waals surface area contributed by atoms with Gasteiger partial charge in [0, 0.05) is 11.1 Å². The van der Waals surface area contributed by atoms with E-state index in [1.807, 2.05) is 30.3 Å². The van der Waals surface area contributed by atoms with Crippen LogP contribution >= 0.6 is 11.3 Å². The van der Waals surface area contributed by atoms with E-state index in [2.05, 4.69) is 15.8 Å². The first-order valence-corrected chi connectivity index (χ1v) is 10.9. The summed E-state index contributed by atoms with van der Waals surface area (Å²) in [6, 6.07) is 12.3. The lowest BCUT2D eigenvalue weighted by Gasteiger charge is -2.09. The average Bonchev–Trinajstić information content (AvgIpc) is 3.13. The van der Waals surface area contributed by atoms with Gasteiger partial charge in [0.05, 0.1) is 10.6 Å². The van der Waals surface area contributed by atoms with Crippen molar-refractivity contribution in [2.45, 2.75) is 17.3 Å². The van der Waals surface area contributed by atoms with Crippen molar-refractivity contribution in [1.29, 1.82) is 0 Å². The average molecular weight is 469 g/mol. The first-order valence-electron chi connectivity index (χ1n) is 8.55. The van der Waals surface area contributed by atoms with Gasteiger partial charge in [-0.05, 0) is 31.2 Å². The van der Waals surface area contributed by atoms with Gasteiger partial charge in [-0.3, -0.25) is 20.4 Å². The van der Waals surface area contributed by atoms with Crippen LogP contribution in [0, 0.1) is 6.92 Å². The third-order valence-corrected chi connectivity index (χ3v) is 6.75. The predicted octanol–water partition coefficient (Wildman–Crippen LogP) is 3.49.